The quantitative estimate of drug-likeness (QED) is 0.836. The summed E-state index contributed by atoms with van der Waals surface area (Å²) in [4.78, 5) is 15.3. The van der Waals surface area contributed by atoms with Crippen molar-refractivity contribution in [3.8, 4) is 11.5 Å². The molecule has 1 N–H and O–H groups in total. The van der Waals surface area contributed by atoms with E-state index in [1.807, 2.05) is 42.5 Å². The summed E-state index contributed by atoms with van der Waals surface area (Å²) in [6.07, 6.45) is 3.13. The number of carbonyl (C=O) groups excluding carboxylic acids is 1. The van der Waals surface area contributed by atoms with Gasteiger partial charge in [-0.15, -0.1) is 0 Å². The van der Waals surface area contributed by atoms with Gasteiger partial charge in [-0.05, 0) is 50.0 Å². The van der Waals surface area contributed by atoms with Gasteiger partial charge in [0, 0.05) is 12.1 Å². The van der Waals surface area contributed by atoms with Gasteiger partial charge in [-0.3, -0.25) is 9.69 Å². The molecule has 28 heavy (non-hydrogen) atoms. The molecule has 0 aromatic heterocycles. The minimum absolute atomic E-state index is 0.0635. The normalized spacial score (nSPS) is 20.1. The number of ether oxygens (including phenoxy) is 2. The van der Waals surface area contributed by atoms with Crippen LogP contribution in [0.3, 0.4) is 0 Å². The zero-order valence-electron chi connectivity index (χ0n) is 16.4. The summed E-state index contributed by atoms with van der Waals surface area (Å²) in [5.74, 6) is 1.69. The lowest BCUT2D eigenvalue weighted by Crippen LogP contribution is -2.42. The number of hydrogen-bond acceptors (Lipinski definition) is 4. The third-order valence-corrected chi connectivity index (χ3v) is 5.80. The van der Waals surface area contributed by atoms with Crippen LogP contribution in [-0.4, -0.2) is 44.2 Å². The molecule has 4 rings (SSSR count). The van der Waals surface area contributed by atoms with Crippen LogP contribution in [0.25, 0.3) is 0 Å². The molecule has 2 atom stereocenters. The van der Waals surface area contributed by atoms with Gasteiger partial charge < -0.3 is 14.8 Å². The van der Waals surface area contributed by atoms with Gasteiger partial charge >= 0.3 is 0 Å². The molecular weight excluding hydrogens is 352 g/mol. The van der Waals surface area contributed by atoms with Gasteiger partial charge in [0.2, 0.25) is 5.91 Å². The molecule has 2 aromatic rings. The molecule has 0 bridgehead atoms. The van der Waals surface area contributed by atoms with Crippen LogP contribution in [0.2, 0.25) is 0 Å². The van der Waals surface area contributed by atoms with Crippen molar-refractivity contribution in [1.82, 2.24) is 10.2 Å². The van der Waals surface area contributed by atoms with Crippen molar-refractivity contribution in [2.75, 3.05) is 33.4 Å². The third-order valence-electron chi connectivity index (χ3n) is 5.80. The van der Waals surface area contributed by atoms with Crippen molar-refractivity contribution in [3.63, 3.8) is 0 Å². The van der Waals surface area contributed by atoms with Crippen LogP contribution in [0, 0.1) is 5.92 Å². The number of carbonyl (C=O) groups is 1. The molecule has 0 saturated carbocycles. The second-order valence-electron chi connectivity index (χ2n) is 7.57. The van der Waals surface area contributed by atoms with Crippen LogP contribution in [0.15, 0.2) is 48.5 Å². The molecule has 2 heterocycles. The smallest absolute Gasteiger partial charge is 0.226 e. The van der Waals surface area contributed by atoms with E-state index in [2.05, 4.69) is 16.3 Å². The first-order chi connectivity index (χ1) is 13.8. The van der Waals surface area contributed by atoms with Gasteiger partial charge in [-0.2, -0.15) is 0 Å². The summed E-state index contributed by atoms with van der Waals surface area (Å²) >= 11 is 0. The fraction of sp³-hybridized carbons (Fsp3) is 0.435. The van der Waals surface area contributed by atoms with Crippen molar-refractivity contribution in [2.45, 2.75) is 25.3 Å². The lowest BCUT2D eigenvalue weighted by Gasteiger charge is -2.30. The average Bonchev–Trinajstić information content (AvgIpc) is 3.28. The maximum absolute atomic E-state index is 12.9. The molecule has 0 spiro atoms. The first kappa shape index (κ1) is 18.8. The van der Waals surface area contributed by atoms with Crippen molar-refractivity contribution in [2.24, 2.45) is 5.92 Å². The summed E-state index contributed by atoms with van der Waals surface area (Å²) in [7, 11) is 1.70. The summed E-state index contributed by atoms with van der Waals surface area (Å²) < 4.78 is 11.4. The monoisotopic (exact) mass is 380 g/mol. The summed E-state index contributed by atoms with van der Waals surface area (Å²) in [5.41, 5.74) is 2.24. The van der Waals surface area contributed by atoms with Gasteiger partial charge in [0.1, 0.15) is 18.1 Å². The molecule has 0 aliphatic carbocycles. The van der Waals surface area contributed by atoms with Gasteiger partial charge in [-0.25, -0.2) is 0 Å². The number of likely N-dealkylation sites (tertiary alicyclic amines) is 1. The second kappa shape index (κ2) is 8.65. The molecule has 148 valence electrons. The molecule has 2 aromatic carbocycles. The Balaban J connectivity index is 1.45. The number of fused-ring (bicyclic) bond motifs is 1. The van der Waals surface area contributed by atoms with E-state index in [1.165, 1.54) is 12.8 Å². The zero-order chi connectivity index (χ0) is 19.3. The SMILES string of the molecule is COc1ccccc1[C@H](CNC(=O)[C@H]1COc2ccccc2C1)N1CCCC1. The predicted octanol–water partition coefficient (Wildman–Crippen LogP) is 3.20. The minimum atomic E-state index is -0.146. The number of amides is 1. The Morgan fingerprint density at radius 2 is 1.93 bits per heavy atom. The van der Waals surface area contributed by atoms with E-state index in [1.54, 1.807) is 7.11 Å². The lowest BCUT2D eigenvalue weighted by molar-refractivity contribution is -0.126. The molecule has 1 fully saturated rings. The number of hydrogen-bond donors (Lipinski definition) is 1. The van der Waals surface area contributed by atoms with Gasteiger partial charge in [0.05, 0.1) is 19.1 Å². The van der Waals surface area contributed by atoms with Crippen LogP contribution in [-0.2, 0) is 11.2 Å². The second-order valence-corrected chi connectivity index (χ2v) is 7.57. The predicted molar refractivity (Wildman–Crippen MR) is 109 cm³/mol. The van der Waals surface area contributed by atoms with Gasteiger partial charge in [-0.1, -0.05) is 36.4 Å². The molecule has 2 aliphatic rings. The van der Waals surface area contributed by atoms with Crippen molar-refractivity contribution >= 4 is 5.91 Å². The first-order valence-corrected chi connectivity index (χ1v) is 10.1. The number of benzene rings is 2. The first-order valence-electron chi connectivity index (χ1n) is 10.1. The van der Waals surface area contributed by atoms with E-state index < -0.39 is 0 Å². The Hall–Kier alpha value is -2.53. The third kappa shape index (κ3) is 3.99. The Morgan fingerprint density at radius 1 is 1.18 bits per heavy atom. The summed E-state index contributed by atoms with van der Waals surface area (Å²) in [5, 5.41) is 3.19. The minimum Gasteiger partial charge on any atom is -0.496 e. The van der Waals surface area contributed by atoms with Crippen LogP contribution in [0.4, 0.5) is 0 Å². The van der Waals surface area contributed by atoms with E-state index in [4.69, 9.17) is 9.47 Å². The fourth-order valence-electron chi connectivity index (χ4n) is 4.27. The lowest BCUT2D eigenvalue weighted by atomic mass is 9.95. The maximum Gasteiger partial charge on any atom is 0.226 e. The van der Waals surface area contributed by atoms with Crippen molar-refractivity contribution in [3.05, 3.63) is 59.7 Å². The largest absolute Gasteiger partial charge is 0.496 e. The van der Waals surface area contributed by atoms with E-state index in [0.29, 0.717) is 13.2 Å². The highest BCUT2D eigenvalue weighted by Gasteiger charge is 2.29. The number of para-hydroxylation sites is 2. The maximum atomic E-state index is 12.9. The summed E-state index contributed by atoms with van der Waals surface area (Å²) in [6.45, 7) is 3.13. The number of nitrogens with one attached hydrogen (secondary N) is 1. The highest BCUT2D eigenvalue weighted by molar-refractivity contribution is 5.79. The van der Waals surface area contributed by atoms with E-state index in [0.717, 1.165) is 42.1 Å². The topological polar surface area (TPSA) is 50.8 Å². The van der Waals surface area contributed by atoms with E-state index in [9.17, 15) is 4.79 Å². The van der Waals surface area contributed by atoms with Crippen LogP contribution in [0.1, 0.15) is 30.0 Å². The van der Waals surface area contributed by atoms with Crippen LogP contribution >= 0.6 is 0 Å². The van der Waals surface area contributed by atoms with Gasteiger partial charge in [0.15, 0.2) is 0 Å². The van der Waals surface area contributed by atoms with Crippen LogP contribution < -0.4 is 14.8 Å². The molecular formula is C23H28N2O3. The van der Waals surface area contributed by atoms with E-state index in [-0.39, 0.29) is 17.9 Å². The molecule has 0 radical (unpaired) electrons. The fourth-order valence-corrected chi connectivity index (χ4v) is 4.27. The average molecular weight is 380 g/mol. The molecule has 2 aliphatic heterocycles. The number of rotatable bonds is 6. The molecule has 1 amide bonds. The molecule has 1 saturated heterocycles. The molecule has 5 heteroatoms. The molecule has 0 unspecified atom stereocenters. The number of nitrogens with zero attached hydrogens (tertiary/aromatic N) is 1. The Morgan fingerprint density at radius 3 is 2.75 bits per heavy atom. The summed E-state index contributed by atoms with van der Waals surface area (Å²) in [6, 6.07) is 16.2. The zero-order valence-corrected chi connectivity index (χ0v) is 16.4. The molecule has 5 nitrogen and oxygen atoms in total. The highest BCUT2D eigenvalue weighted by atomic mass is 16.5. The Bertz CT molecular complexity index is 817. The van der Waals surface area contributed by atoms with Crippen molar-refractivity contribution < 1.29 is 14.3 Å². The Kier molecular flexibility index (Phi) is 5.81. The number of methoxy groups -OCH3 is 1. The highest BCUT2D eigenvalue weighted by Crippen LogP contribution is 2.32. The van der Waals surface area contributed by atoms with Crippen LogP contribution in [0.5, 0.6) is 11.5 Å². The standard InChI is InChI=1S/C23H28N2O3/c1-27-22-11-5-3-9-19(22)20(25-12-6-7-13-25)15-24-23(26)18-14-17-8-2-4-10-21(17)28-16-18/h2-5,8-11,18,20H,6-7,12-16H2,1H3,(H,24,26)/t18-,20+/m1/s1. The van der Waals surface area contributed by atoms with Gasteiger partial charge in [0.25, 0.3) is 0 Å². The van der Waals surface area contributed by atoms with Crippen molar-refractivity contribution in [1.29, 1.82) is 0 Å². The van der Waals surface area contributed by atoms with E-state index >= 15 is 0 Å². The Labute approximate surface area is 166 Å².